The summed E-state index contributed by atoms with van der Waals surface area (Å²) in [7, 11) is 3.99. The lowest BCUT2D eigenvalue weighted by molar-refractivity contribution is -0.122. The molecule has 0 saturated heterocycles. The number of benzene rings is 1. The summed E-state index contributed by atoms with van der Waals surface area (Å²) in [5.74, 6) is 0.000651. The molecule has 100 valence electrons. The molecule has 0 saturated carbocycles. The molecule has 1 aromatic rings. The standard InChI is InChI=1S/C14H23N3O/c1-11(15)9-14(18)16-13(10-17(2)3)12-7-5-4-6-8-12/h4-8,11,13H,9-10,15H2,1-3H3,(H,16,18). The summed E-state index contributed by atoms with van der Waals surface area (Å²) < 4.78 is 0. The van der Waals surface area contributed by atoms with Crippen LogP contribution in [0.1, 0.15) is 24.9 Å². The summed E-state index contributed by atoms with van der Waals surface area (Å²) in [6.45, 7) is 2.61. The topological polar surface area (TPSA) is 58.4 Å². The zero-order chi connectivity index (χ0) is 13.5. The van der Waals surface area contributed by atoms with Crippen LogP contribution >= 0.6 is 0 Å². The Morgan fingerprint density at radius 3 is 2.44 bits per heavy atom. The van der Waals surface area contributed by atoms with Gasteiger partial charge in [0.1, 0.15) is 0 Å². The molecule has 0 aromatic heterocycles. The number of carbonyl (C=O) groups is 1. The van der Waals surface area contributed by atoms with Gasteiger partial charge in [0, 0.05) is 19.0 Å². The summed E-state index contributed by atoms with van der Waals surface area (Å²) in [5, 5.41) is 3.04. The fourth-order valence-corrected chi connectivity index (χ4v) is 1.83. The maximum atomic E-state index is 11.8. The van der Waals surface area contributed by atoms with Crippen molar-refractivity contribution in [2.75, 3.05) is 20.6 Å². The Hall–Kier alpha value is -1.39. The van der Waals surface area contributed by atoms with Crippen molar-refractivity contribution in [3.8, 4) is 0 Å². The quantitative estimate of drug-likeness (QED) is 0.795. The normalized spacial score (nSPS) is 14.3. The van der Waals surface area contributed by atoms with Crippen LogP contribution in [0.5, 0.6) is 0 Å². The number of hydrogen-bond acceptors (Lipinski definition) is 3. The lowest BCUT2D eigenvalue weighted by Crippen LogP contribution is -2.37. The van der Waals surface area contributed by atoms with E-state index in [0.29, 0.717) is 6.42 Å². The van der Waals surface area contributed by atoms with E-state index in [1.165, 1.54) is 0 Å². The molecule has 1 aromatic carbocycles. The molecule has 1 amide bonds. The molecular formula is C14H23N3O. The molecule has 0 bridgehead atoms. The smallest absolute Gasteiger partial charge is 0.222 e. The fraction of sp³-hybridized carbons (Fsp3) is 0.500. The first-order valence-corrected chi connectivity index (χ1v) is 6.23. The average Bonchev–Trinajstić information content (AvgIpc) is 2.27. The molecule has 4 heteroatoms. The minimum atomic E-state index is -0.110. The first kappa shape index (κ1) is 14.7. The van der Waals surface area contributed by atoms with Crippen molar-refractivity contribution in [1.29, 1.82) is 0 Å². The lowest BCUT2D eigenvalue weighted by Gasteiger charge is -2.23. The van der Waals surface area contributed by atoms with Gasteiger partial charge >= 0.3 is 0 Å². The van der Waals surface area contributed by atoms with Crippen LogP contribution < -0.4 is 11.1 Å². The maximum Gasteiger partial charge on any atom is 0.222 e. The number of hydrogen-bond donors (Lipinski definition) is 2. The Balaban J connectivity index is 2.70. The number of rotatable bonds is 6. The number of amides is 1. The third-order valence-corrected chi connectivity index (χ3v) is 2.59. The van der Waals surface area contributed by atoms with Crippen molar-refractivity contribution in [3.63, 3.8) is 0 Å². The van der Waals surface area contributed by atoms with Crippen molar-refractivity contribution in [2.24, 2.45) is 5.73 Å². The van der Waals surface area contributed by atoms with Gasteiger partial charge in [-0.25, -0.2) is 0 Å². The molecule has 1 rings (SSSR count). The van der Waals surface area contributed by atoms with Gasteiger partial charge in [0.25, 0.3) is 0 Å². The van der Waals surface area contributed by atoms with E-state index in [1.807, 2.05) is 51.4 Å². The van der Waals surface area contributed by atoms with Crippen molar-refractivity contribution in [1.82, 2.24) is 10.2 Å². The second kappa shape index (κ2) is 7.13. The predicted molar refractivity (Wildman–Crippen MR) is 74.1 cm³/mol. The summed E-state index contributed by atoms with van der Waals surface area (Å²) in [5.41, 5.74) is 6.75. The SMILES string of the molecule is CC(N)CC(=O)NC(CN(C)C)c1ccccc1. The Morgan fingerprint density at radius 2 is 1.94 bits per heavy atom. The molecule has 0 aliphatic heterocycles. The molecule has 3 N–H and O–H groups in total. The van der Waals surface area contributed by atoms with Crippen LogP contribution in [0.3, 0.4) is 0 Å². The van der Waals surface area contributed by atoms with Gasteiger partial charge in [0.05, 0.1) is 6.04 Å². The van der Waals surface area contributed by atoms with E-state index < -0.39 is 0 Å². The number of carbonyl (C=O) groups excluding carboxylic acids is 1. The number of nitrogens with zero attached hydrogens (tertiary/aromatic N) is 1. The van der Waals surface area contributed by atoms with Gasteiger partial charge in [0.15, 0.2) is 0 Å². The predicted octanol–water partition coefficient (Wildman–Crippen LogP) is 1.14. The summed E-state index contributed by atoms with van der Waals surface area (Å²) in [6.07, 6.45) is 0.358. The molecule has 0 aliphatic carbocycles. The second-order valence-corrected chi connectivity index (χ2v) is 4.97. The van der Waals surface area contributed by atoms with E-state index in [4.69, 9.17) is 5.73 Å². The van der Waals surface area contributed by atoms with E-state index in [1.54, 1.807) is 0 Å². The first-order chi connectivity index (χ1) is 8.49. The molecule has 0 fully saturated rings. The largest absolute Gasteiger partial charge is 0.348 e. The van der Waals surface area contributed by atoms with Crippen LogP contribution in [0.15, 0.2) is 30.3 Å². The lowest BCUT2D eigenvalue weighted by atomic mass is 10.1. The van der Waals surface area contributed by atoms with Crippen LogP contribution in [-0.4, -0.2) is 37.5 Å². The molecule has 0 spiro atoms. The average molecular weight is 249 g/mol. The van der Waals surface area contributed by atoms with Gasteiger partial charge in [-0.3, -0.25) is 4.79 Å². The molecular weight excluding hydrogens is 226 g/mol. The van der Waals surface area contributed by atoms with Crippen molar-refractivity contribution >= 4 is 5.91 Å². The molecule has 18 heavy (non-hydrogen) atoms. The minimum Gasteiger partial charge on any atom is -0.348 e. The summed E-state index contributed by atoms with van der Waals surface area (Å²) in [6, 6.07) is 9.89. The molecule has 0 aliphatic rings. The third kappa shape index (κ3) is 5.29. The van der Waals surface area contributed by atoms with Gasteiger partial charge in [-0.2, -0.15) is 0 Å². The number of likely N-dealkylation sites (N-methyl/N-ethyl adjacent to an activating group) is 1. The zero-order valence-corrected chi connectivity index (χ0v) is 11.4. The van der Waals surface area contributed by atoms with Crippen LogP contribution in [0.4, 0.5) is 0 Å². The zero-order valence-electron chi connectivity index (χ0n) is 11.4. The molecule has 2 unspecified atom stereocenters. The number of nitrogens with two attached hydrogens (primary N) is 1. The second-order valence-electron chi connectivity index (χ2n) is 4.97. The highest BCUT2D eigenvalue weighted by molar-refractivity contribution is 5.77. The Kier molecular flexibility index (Phi) is 5.82. The van der Waals surface area contributed by atoms with E-state index >= 15 is 0 Å². The fourth-order valence-electron chi connectivity index (χ4n) is 1.83. The van der Waals surface area contributed by atoms with Crippen molar-refractivity contribution in [2.45, 2.75) is 25.4 Å². The summed E-state index contributed by atoms with van der Waals surface area (Å²) in [4.78, 5) is 13.9. The third-order valence-electron chi connectivity index (χ3n) is 2.59. The van der Waals surface area contributed by atoms with Crippen LogP contribution in [0.25, 0.3) is 0 Å². The highest BCUT2D eigenvalue weighted by Crippen LogP contribution is 2.13. The first-order valence-electron chi connectivity index (χ1n) is 6.23. The van der Waals surface area contributed by atoms with E-state index in [9.17, 15) is 4.79 Å². The molecule has 0 radical (unpaired) electrons. The Morgan fingerprint density at radius 1 is 1.33 bits per heavy atom. The van der Waals surface area contributed by atoms with Crippen LogP contribution in [0, 0.1) is 0 Å². The maximum absolute atomic E-state index is 11.8. The minimum absolute atomic E-state index is 0.000651. The Labute approximate surface area is 109 Å². The molecule has 2 atom stereocenters. The van der Waals surface area contributed by atoms with Crippen molar-refractivity contribution < 1.29 is 4.79 Å². The molecule has 4 nitrogen and oxygen atoms in total. The van der Waals surface area contributed by atoms with E-state index in [2.05, 4.69) is 10.2 Å². The van der Waals surface area contributed by atoms with E-state index in [0.717, 1.165) is 12.1 Å². The van der Waals surface area contributed by atoms with Crippen LogP contribution in [-0.2, 0) is 4.79 Å². The van der Waals surface area contributed by atoms with Gasteiger partial charge in [0.2, 0.25) is 5.91 Å². The monoisotopic (exact) mass is 249 g/mol. The molecule has 0 heterocycles. The van der Waals surface area contributed by atoms with Gasteiger partial charge in [-0.15, -0.1) is 0 Å². The van der Waals surface area contributed by atoms with E-state index in [-0.39, 0.29) is 18.0 Å². The Bertz CT molecular complexity index is 363. The van der Waals surface area contributed by atoms with Gasteiger partial charge < -0.3 is 16.0 Å². The summed E-state index contributed by atoms with van der Waals surface area (Å²) >= 11 is 0. The highest BCUT2D eigenvalue weighted by Gasteiger charge is 2.15. The van der Waals surface area contributed by atoms with Crippen LogP contribution in [0.2, 0.25) is 0 Å². The van der Waals surface area contributed by atoms with Gasteiger partial charge in [-0.1, -0.05) is 30.3 Å². The van der Waals surface area contributed by atoms with Crippen molar-refractivity contribution in [3.05, 3.63) is 35.9 Å². The highest BCUT2D eigenvalue weighted by atomic mass is 16.1. The van der Waals surface area contributed by atoms with Gasteiger partial charge in [-0.05, 0) is 26.6 Å². The number of nitrogens with one attached hydrogen (secondary N) is 1.